The van der Waals surface area contributed by atoms with Crippen LogP contribution < -0.4 is 31.5 Å². The Morgan fingerprint density at radius 1 is 1.32 bits per heavy atom. The van der Waals surface area contributed by atoms with Gasteiger partial charge in [0.1, 0.15) is 24.7 Å². The van der Waals surface area contributed by atoms with E-state index in [-0.39, 0.29) is 30.0 Å². The van der Waals surface area contributed by atoms with Gasteiger partial charge in [-0.05, 0) is 37.5 Å². The number of nitrogens with zero attached hydrogens (tertiary/aromatic N) is 2. The molecule has 0 aliphatic heterocycles. The van der Waals surface area contributed by atoms with E-state index >= 15 is 0 Å². The van der Waals surface area contributed by atoms with Crippen molar-refractivity contribution in [2.45, 2.75) is 58.0 Å². The molecule has 1 atom stereocenters. The molecular weight excluding hydrogens is 458 g/mol. The first-order chi connectivity index (χ1) is 16.3. The molecule has 1 fully saturated rings. The van der Waals surface area contributed by atoms with Crippen LogP contribution in [0.3, 0.4) is 0 Å². The summed E-state index contributed by atoms with van der Waals surface area (Å²) in [5, 5.41) is 0.601. The van der Waals surface area contributed by atoms with Crippen molar-refractivity contribution in [2.75, 3.05) is 37.4 Å². The van der Waals surface area contributed by atoms with E-state index in [0.717, 1.165) is 43.4 Å². The Labute approximate surface area is 204 Å². The minimum Gasteiger partial charge on any atom is -0.488 e. The zero-order chi connectivity index (χ0) is 24.7. The number of quaternary nitrogens is 1. The minimum atomic E-state index is -0.613. The smallest absolute Gasteiger partial charge is 0.330 e. The van der Waals surface area contributed by atoms with Gasteiger partial charge in [0.05, 0.1) is 7.05 Å². The van der Waals surface area contributed by atoms with E-state index in [1.54, 1.807) is 17.0 Å². The Hall–Kier alpha value is -2.78. The predicted octanol–water partition coefficient (Wildman–Crippen LogP) is 1.44. The number of nitrogens with two attached hydrogens (primary N) is 1. The number of hydrogen-bond donors (Lipinski definition) is 3. The lowest BCUT2D eigenvalue weighted by Crippen LogP contribution is -3.11. The fourth-order valence-corrected chi connectivity index (χ4v) is 4.53. The Morgan fingerprint density at radius 3 is 2.74 bits per heavy atom. The van der Waals surface area contributed by atoms with Crippen LogP contribution in [0.25, 0.3) is 0 Å². The van der Waals surface area contributed by atoms with Crippen molar-refractivity contribution in [3.05, 3.63) is 50.1 Å². The molecule has 3 rings (SSSR count). The quantitative estimate of drug-likeness (QED) is 0.439. The molecule has 186 valence electrons. The highest BCUT2D eigenvalue weighted by molar-refractivity contribution is 6.30. The first kappa shape index (κ1) is 25.8. The second-order valence-electron chi connectivity index (χ2n) is 8.89. The normalized spacial score (nSPS) is 14.8. The number of anilines is 2. The molecule has 1 aliphatic rings. The summed E-state index contributed by atoms with van der Waals surface area (Å²) in [5.74, 6) is 0.544. The van der Waals surface area contributed by atoms with Gasteiger partial charge in [-0.15, -0.1) is 0 Å². The average molecular weight is 493 g/mol. The van der Waals surface area contributed by atoms with Crippen molar-refractivity contribution in [2.24, 2.45) is 0 Å². The molecule has 9 nitrogen and oxygen atoms in total. The topological polar surface area (TPSA) is 115 Å². The van der Waals surface area contributed by atoms with E-state index in [0.29, 0.717) is 30.5 Å². The second-order valence-corrected chi connectivity index (χ2v) is 9.33. The second kappa shape index (κ2) is 12.1. The van der Waals surface area contributed by atoms with Gasteiger partial charge in [0.2, 0.25) is 0 Å². The van der Waals surface area contributed by atoms with Gasteiger partial charge in [0.25, 0.3) is 11.5 Å². The first-order valence-electron chi connectivity index (χ1n) is 12.0. The third-order valence-corrected chi connectivity index (χ3v) is 6.43. The number of carbonyl (C=O) groups is 1. The summed E-state index contributed by atoms with van der Waals surface area (Å²) in [6.45, 7) is 3.56. The lowest BCUT2D eigenvalue weighted by molar-refractivity contribution is -0.871. The highest BCUT2D eigenvalue weighted by atomic mass is 35.5. The van der Waals surface area contributed by atoms with E-state index in [2.05, 4.69) is 4.98 Å². The summed E-state index contributed by atoms with van der Waals surface area (Å²) in [4.78, 5) is 43.5. The zero-order valence-corrected chi connectivity index (χ0v) is 20.7. The van der Waals surface area contributed by atoms with Gasteiger partial charge < -0.3 is 15.4 Å². The van der Waals surface area contributed by atoms with Gasteiger partial charge in [0.15, 0.2) is 12.2 Å². The number of hydrogen-bond acceptors (Lipinski definition) is 5. The SMILES string of the molecule is CCCCn1c(N)c(N(C(=O)C[NH+](C)CCOc2cccc(Cl)c2)C2CCCC2)c(=O)[nH]c1=O. The van der Waals surface area contributed by atoms with Crippen LogP contribution in [0.1, 0.15) is 45.4 Å². The van der Waals surface area contributed by atoms with E-state index in [1.807, 2.05) is 26.1 Å². The molecule has 1 aromatic heterocycles. The Kier molecular flexibility index (Phi) is 9.18. The number of nitrogen functional groups attached to an aromatic ring is 1. The maximum absolute atomic E-state index is 13.5. The van der Waals surface area contributed by atoms with Crippen LogP contribution in [0.4, 0.5) is 11.5 Å². The standard InChI is InChI=1S/C24H34ClN5O4/c1-3-4-12-29-22(26)21(23(32)27-24(29)33)30(18-9-5-6-10-18)20(31)16-28(2)13-14-34-19-11-7-8-17(25)15-19/h7-8,11,15,18H,3-6,9-10,12-14,16,26H2,1-2H3,(H,27,32,33)/p+1. The molecule has 1 aliphatic carbocycles. The Bertz CT molecular complexity index is 1090. The van der Waals surface area contributed by atoms with Crippen molar-refractivity contribution in [1.82, 2.24) is 9.55 Å². The molecule has 0 spiro atoms. The number of amides is 1. The van der Waals surface area contributed by atoms with Crippen molar-refractivity contribution >= 4 is 29.0 Å². The number of aromatic nitrogens is 2. The van der Waals surface area contributed by atoms with Crippen molar-refractivity contribution < 1.29 is 14.4 Å². The summed E-state index contributed by atoms with van der Waals surface area (Å²) in [6, 6.07) is 7.06. The summed E-state index contributed by atoms with van der Waals surface area (Å²) in [5.41, 5.74) is 5.27. The van der Waals surface area contributed by atoms with Gasteiger partial charge in [0, 0.05) is 17.6 Å². The number of benzene rings is 1. The number of halogens is 1. The van der Waals surface area contributed by atoms with Crippen molar-refractivity contribution in [3.8, 4) is 5.75 Å². The van der Waals surface area contributed by atoms with Crippen LogP contribution in [0.5, 0.6) is 5.75 Å². The van der Waals surface area contributed by atoms with Gasteiger partial charge in [-0.25, -0.2) is 4.79 Å². The minimum absolute atomic E-state index is 0.0596. The molecule has 2 aromatic rings. The van der Waals surface area contributed by atoms with Gasteiger partial charge in [-0.3, -0.25) is 24.0 Å². The number of ether oxygens (including phenoxy) is 1. The molecule has 10 heteroatoms. The third kappa shape index (κ3) is 6.42. The molecule has 1 amide bonds. The van der Waals surface area contributed by atoms with Crippen LogP contribution in [0, 0.1) is 0 Å². The fourth-order valence-electron chi connectivity index (χ4n) is 4.35. The number of rotatable bonds is 11. The van der Waals surface area contributed by atoms with Gasteiger partial charge in [-0.1, -0.05) is 43.9 Å². The maximum Gasteiger partial charge on any atom is 0.330 e. The molecule has 1 unspecified atom stereocenters. The highest BCUT2D eigenvalue weighted by Crippen LogP contribution is 2.29. The lowest BCUT2D eigenvalue weighted by atomic mass is 10.2. The number of H-pyrrole nitrogens is 1. The van der Waals surface area contributed by atoms with E-state index in [9.17, 15) is 14.4 Å². The fraction of sp³-hybridized carbons (Fsp3) is 0.542. The lowest BCUT2D eigenvalue weighted by Gasteiger charge is -2.30. The molecule has 0 bridgehead atoms. The number of carbonyl (C=O) groups excluding carboxylic acids is 1. The number of aromatic amines is 1. The highest BCUT2D eigenvalue weighted by Gasteiger charge is 2.33. The number of unbranched alkanes of at least 4 members (excludes halogenated alkanes) is 1. The predicted molar refractivity (Wildman–Crippen MR) is 134 cm³/mol. The van der Waals surface area contributed by atoms with E-state index < -0.39 is 11.2 Å². The van der Waals surface area contributed by atoms with Crippen molar-refractivity contribution in [3.63, 3.8) is 0 Å². The summed E-state index contributed by atoms with van der Waals surface area (Å²) >= 11 is 5.99. The molecular formula is C24H35ClN5O4+. The zero-order valence-electron chi connectivity index (χ0n) is 19.9. The van der Waals surface area contributed by atoms with E-state index in [1.165, 1.54) is 4.57 Å². The molecule has 1 heterocycles. The van der Waals surface area contributed by atoms with Crippen LogP contribution in [-0.2, 0) is 11.3 Å². The molecule has 1 aromatic carbocycles. The molecule has 1 saturated carbocycles. The van der Waals surface area contributed by atoms with Gasteiger partial charge >= 0.3 is 5.69 Å². The van der Waals surface area contributed by atoms with Crippen LogP contribution in [-0.4, -0.2) is 48.2 Å². The third-order valence-electron chi connectivity index (χ3n) is 6.20. The number of likely N-dealkylation sites (N-methyl/N-ethyl adjacent to an activating group) is 1. The molecule has 34 heavy (non-hydrogen) atoms. The summed E-state index contributed by atoms with van der Waals surface area (Å²) < 4.78 is 7.11. The van der Waals surface area contributed by atoms with Crippen molar-refractivity contribution in [1.29, 1.82) is 0 Å². The molecule has 4 N–H and O–H groups in total. The molecule has 0 radical (unpaired) electrons. The van der Waals surface area contributed by atoms with E-state index in [4.69, 9.17) is 22.1 Å². The van der Waals surface area contributed by atoms with Gasteiger partial charge in [-0.2, -0.15) is 0 Å². The van der Waals surface area contributed by atoms with Crippen LogP contribution >= 0.6 is 11.6 Å². The number of nitrogens with one attached hydrogen (secondary N) is 2. The first-order valence-corrected chi connectivity index (χ1v) is 12.3. The Morgan fingerprint density at radius 2 is 2.06 bits per heavy atom. The average Bonchev–Trinajstić information content (AvgIpc) is 3.30. The largest absolute Gasteiger partial charge is 0.488 e. The van der Waals surface area contributed by atoms with Crippen LogP contribution in [0.15, 0.2) is 33.9 Å². The van der Waals surface area contributed by atoms with Crippen LogP contribution in [0.2, 0.25) is 5.02 Å². The summed E-state index contributed by atoms with van der Waals surface area (Å²) in [7, 11) is 1.90. The maximum atomic E-state index is 13.5. The summed E-state index contributed by atoms with van der Waals surface area (Å²) in [6.07, 6.45) is 5.19. The monoisotopic (exact) mass is 492 g/mol. The molecule has 0 saturated heterocycles. The Balaban J connectivity index is 1.76.